The normalized spacial score (nSPS) is 20.4. The van der Waals surface area contributed by atoms with Gasteiger partial charge < -0.3 is 10.5 Å². The van der Waals surface area contributed by atoms with Crippen molar-refractivity contribution in [1.29, 1.82) is 0 Å². The fourth-order valence-electron chi connectivity index (χ4n) is 1.94. The van der Waals surface area contributed by atoms with Crippen molar-refractivity contribution in [1.82, 2.24) is 4.31 Å². The second-order valence-electron chi connectivity index (χ2n) is 4.06. The van der Waals surface area contributed by atoms with Gasteiger partial charge in [-0.2, -0.15) is 4.31 Å². The lowest BCUT2D eigenvalue weighted by atomic mass is 10.3. The SMILES string of the molecule is COc1ccccc1S(=O)(=O)N1CCC(N)C1.Cl. The van der Waals surface area contributed by atoms with Crippen LogP contribution in [0.5, 0.6) is 5.75 Å². The minimum absolute atomic E-state index is 0. The fraction of sp³-hybridized carbons (Fsp3) is 0.455. The van der Waals surface area contributed by atoms with Gasteiger partial charge in [-0.15, -0.1) is 12.4 Å². The molecular formula is C11H17ClN2O3S. The van der Waals surface area contributed by atoms with E-state index in [0.717, 1.165) is 0 Å². The standard InChI is InChI=1S/C11H16N2O3S.ClH/c1-16-10-4-2-3-5-11(10)17(14,15)13-7-6-9(12)8-13;/h2-5,9H,6-8,12H2,1H3;1H. The summed E-state index contributed by atoms with van der Waals surface area (Å²) < 4.78 is 31.2. The largest absolute Gasteiger partial charge is 0.495 e. The molecule has 5 nitrogen and oxygen atoms in total. The summed E-state index contributed by atoms with van der Waals surface area (Å²) in [4.78, 5) is 0.205. The zero-order chi connectivity index (χ0) is 12.5. The Morgan fingerprint density at radius 1 is 1.39 bits per heavy atom. The monoisotopic (exact) mass is 292 g/mol. The van der Waals surface area contributed by atoms with Crippen LogP contribution < -0.4 is 10.5 Å². The van der Waals surface area contributed by atoms with Crippen molar-refractivity contribution in [3.63, 3.8) is 0 Å². The van der Waals surface area contributed by atoms with E-state index in [1.54, 1.807) is 24.3 Å². The smallest absolute Gasteiger partial charge is 0.246 e. The molecule has 0 aromatic heterocycles. The van der Waals surface area contributed by atoms with Gasteiger partial charge in [0.25, 0.3) is 0 Å². The summed E-state index contributed by atoms with van der Waals surface area (Å²) in [5.41, 5.74) is 5.73. The van der Waals surface area contributed by atoms with E-state index in [4.69, 9.17) is 10.5 Å². The molecule has 1 aromatic rings. The first-order valence-electron chi connectivity index (χ1n) is 5.44. The second-order valence-corrected chi connectivity index (χ2v) is 5.97. The number of nitrogens with two attached hydrogens (primary N) is 1. The number of hydrogen-bond acceptors (Lipinski definition) is 4. The Morgan fingerprint density at radius 2 is 2.06 bits per heavy atom. The molecular weight excluding hydrogens is 276 g/mol. The topological polar surface area (TPSA) is 72.6 Å². The van der Waals surface area contributed by atoms with Crippen LogP contribution in [0.15, 0.2) is 29.2 Å². The number of methoxy groups -OCH3 is 1. The van der Waals surface area contributed by atoms with Crippen molar-refractivity contribution in [3.8, 4) is 5.75 Å². The van der Waals surface area contributed by atoms with Gasteiger partial charge in [0.1, 0.15) is 10.6 Å². The van der Waals surface area contributed by atoms with Gasteiger partial charge in [0.05, 0.1) is 7.11 Å². The molecule has 0 bridgehead atoms. The molecule has 1 heterocycles. The minimum Gasteiger partial charge on any atom is -0.495 e. The maximum absolute atomic E-state index is 12.4. The van der Waals surface area contributed by atoms with E-state index < -0.39 is 10.0 Å². The molecule has 1 aliphatic heterocycles. The van der Waals surface area contributed by atoms with Crippen LogP contribution >= 0.6 is 12.4 Å². The maximum Gasteiger partial charge on any atom is 0.246 e. The van der Waals surface area contributed by atoms with Gasteiger partial charge >= 0.3 is 0 Å². The van der Waals surface area contributed by atoms with Gasteiger partial charge in [0.2, 0.25) is 10.0 Å². The van der Waals surface area contributed by atoms with Crippen molar-refractivity contribution in [2.24, 2.45) is 5.73 Å². The molecule has 0 amide bonds. The zero-order valence-electron chi connectivity index (χ0n) is 10.1. The highest BCUT2D eigenvalue weighted by Gasteiger charge is 2.32. The van der Waals surface area contributed by atoms with Gasteiger partial charge in [-0.25, -0.2) is 8.42 Å². The van der Waals surface area contributed by atoms with Crippen LogP contribution in [0.4, 0.5) is 0 Å². The van der Waals surface area contributed by atoms with E-state index in [9.17, 15) is 8.42 Å². The van der Waals surface area contributed by atoms with Gasteiger partial charge in [-0.05, 0) is 18.6 Å². The number of nitrogens with zero attached hydrogens (tertiary/aromatic N) is 1. The van der Waals surface area contributed by atoms with Crippen LogP contribution in [0.2, 0.25) is 0 Å². The first-order chi connectivity index (χ1) is 8.05. The highest BCUT2D eigenvalue weighted by atomic mass is 35.5. The molecule has 0 saturated carbocycles. The van der Waals surface area contributed by atoms with Gasteiger partial charge in [-0.3, -0.25) is 0 Å². The van der Waals surface area contributed by atoms with Crippen LogP contribution in [-0.2, 0) is 10.0 Å². The fourth-order valence-corrected chi connectivity index (χ4v) is 3.61. The summed E-state index contributed by atoms with van der Waals surface area (Å²) in [7, 11) is -2.02. The quantitative estimate of drug-likeness (QED) is 0.896. The lowest BCUT2D eigenvalue weighted by Gasteiger charge is -2.17. The molecule has 18 heavy (non-hydrogen) atoms. The molecule has 1 saturated heterocycles. The first-order valence-corrected chi connectivity index (χ1v) is 6.88. The Bertz CT molecular complexity index is 507. The third-order valence-corrected chi connectivity index (χ3v) is 4.78. The van der Waals surface area contributed by atoms with Crippen molar-refractivity contribution in [2.45, 2.75) is 17.4 Å². The molecule has 7 heteroatoms. The number of para-hydroxylation sites is 1. The minimum atomic E-state index is -3.49. The molecule has 0 aliphatic carbocycles. The van der Waals surface area contributed by atoms with Crippen molar-refractivity contribution >= 4 is 22.4 Å². The Labute approximate surface area is 113 Å². The predicted octanol–water partition coefficient (Wildman–Crippen LogP) is 0.839. The second kappa shape index (κ2) is 5.88. The molecule has 1 fully saturated rings. The van der Waals surface area contributed by atoms with E-state index >= 15 is 0 Å². The van der Waals surface area contributed by atoms with E-state index in [1.807, 2.05) is 0 Å². The van der Waals surface area contributed by atoms with Crippen molar-refractivity contribution in [3.05, 3.63) is 24.3 Å². The summed E-state index contributed by atoms with van der Waals surface area (Å²) in [6, 6.07) is 6.55. The average Bonchev–Trinajstić information content (AvgIpc) is 2.76. The number of hydrogen-bond donors (Lipinski definition) is 1. The van der Waals surface area contributed by atoms with Crippen LogP contribution in [0.1, 0.15) is 6.42 Å². The summed E-state index contributed by atoms with van der Waals surface area (Å²) >= 11 is 0. The van der Waals surface area contributed by atoms with Crippen LogP contribution in [-0.4, -0.2) is 39.0 Å². The third kappa shape index (κ3) is 2.77. The molecule has 0 spiro atoms. The van der Waals surface area contributed by atoms with Crippen LogP contribution in [0.25, 0.3) is 0 Å². The third-order valence-electron chi connectivity index (χ3n) is 2.87. The molecule has 2 N–H and O–H groups in total. The molecule has 0 radical (unpaired) electrons. The number of benzene rings is 1. The molecule has 1 aromatic carbocycles. The molecule has 1 atom stereocenters. The number of ether oxygens (including phenoxy) is 1. The van der Waals surface area contributed by atoms with Gasteiger partial charge in [-0.1, -0.05) is 12.1 Å². The summed E-state index contributed by atoms with van der Waals surface area (Å²) in [5.74, 6) is 0.368. The highest BCUT2D eigenvalue weighted by Crippen LogP contribution is 2.27. The van der Waals surface area contributed by atoms with E-state index in [2.05, 4.69) is 0 Å². The van der Waals surface area contributed by atoms with E-state index in [0.29, 0.717) is 25.3 Å². The lowest BCUT2D eigenvalue weighted by Crippen LogP contribution is -2.32. The summed E-state index contributed by atoms with van der Waals surface area (Å²) in [5, 5.41) is 0. The maximum atomic E-state index is 12.4. The summed E-state index contributed by atoms with van der Waals surface area (Å²) in [6.45, 7) is 0.849. The number of sulfonamides is 1. The number of rotatable bonds is 3. The summed E-state index contributed by atoms with van der Waals surface area (Å²) in [6.07, 6.45) is 0.703. The zero-order valence-corrected chi connectivity index (χ0v) is 11.7. The van der Waals surface area contributed by atoms with Crippen molar-refractivity contribution < 1.29 is 13.2 Å². The predicted molar refractivity (Wildman–Crippen MR) is 71.6 cm³/mol. The Morgan fingerprint density at radius 3 is 2.61 bits per heavy atom. The average molecular weight is 293 g/mol. The van der Waals surface area contributed by atoms with Crippen LogP contribution in [0, 0.1) is 0 Å². The van der Waals surface area contributed by atoms with Crippen LogP contribution in [0.3, 0.4) is 0 Å². The lowest BCUT2D eigenvalue weighted by molar-refractivity contribution is 0.398. The molecule has 102 valence electrons. The Balaban J connectivity index is 0.00000162. The van der Waals surface area contributed by atoms with Gasteiger partial charge in [0.15, 0.2) is 0 Å². The van der Waals surface area contributed by atoms with Gasteiger partial charge in [0, 0.05) is 19.1 Å². The van der Waals surface area contributed by atoms with E-state index in [1.165, 1.54) is 11.4 Å². The molecule has 1 unspecified atom stereocenters. The van der Waals surface area contributed by atoms with Crippen molar-refractivity contribution in [2.75, 3.05) is 20.2 Å². The Hall–Kier alpha value is -0.820. The molecule has 1 aliphatic rings. The molecule has 2 rings (SSSR count). The Kier molecular flexibility index (Phi) is 4.98. The highest BCUT2D eigenvalue weighted by molar-refractivity contribution is 7.89. The first kappa shape index (κ1) is 15.2. The number of halogens is 1. The van der Waals surface area contributed by atoms with E-state index in [-0.39, 0.29) is 23.3 Å².